The van der Waals surface area contributed by atoms with E-state index in [1.165, 1.54) is 0 Å². The second-order valence-electron chi connectivity index (χ2n) is 8.16. The van der Waals surface area contributed by atoms with Crippen molar-refractivity contribution in [1.82, 2.24) is 19.9 Å². The van der Waals surface area contributed by atoms with E-state index in [0.29, 0.717) is 17.9 Å². The normalized spacial score (nSPS) is 16.3. The molecule has 1 aliphatic heterocycles. The predicted molar refractivity (Wildman–Crippen MR) is 120 cm³/mol. The Bertz CT molecular complexity index is 1110. The largest absolute Gasteiger partial charge is 0.497 e. The molecule has 1 amide bonds. The van der Waals surface area contributed by atoms with E-state index in [0.717, 1.165) is 53.3 Å². The van der Waals surface area contributed by atoms with Crippen LogP contribution in [0.25, 0.3) is 11.1 Å². The fourth-order valence-corrected chi connectivity index (χ4v) is 4.24. The van der Waals surface area contributed by atoms with Gasteiger partial charge in [0.15, 0.2) is 0 Å². The molecule has 1 fully saturated rings. The Morgan fingerprint density at radius 1 is 1.10 bits per heavy atom. The quantitative estimate of drug-likeness (QED) is 0.627. The van der Waals surface area contributed by atoms with Crippen molar-refractivity contribution in [2.45, 2.75) is 39.5 Å². The van der Waals surface area contributed by atoms with Gasteiger partial charge in [0.25, 0.3) is 5.91 Å². The Kier molecular flexibility index (Phi) is 5.98. The summed E-state index contributed by atoms with van der Waals surface area (Å²) < 4.78 is 5.38. The number of hydrogen-bond donors (Lipinski definition) is 0. The first-order chi connectivity index (χ1) is 14.9. The van der Waals surface area contributed by atoms with Crippen LogP contribution in [0.4, 0.5) is 0 Å². The molecule has 1 aromatic carbocycles. The monoisotopic (exact) mass is 416 g/mol. The highest BCUT2D eigenvalue weighted by Crippen LogP contribution is 2.31. The van der Waals surface area contributed by atoms with Gasteiger partial charge in [-0.15, -0.1) is 0 Å². The molecule has 31 heavy (non-hydrogen) atoms. The van der Waals surface area contributed by atoms with Crippen LogP contribution in [0.1, 0.15) is 52.0 Å². The highest BCUT2D eigenvalue weighted by molar-refractivity contribution is 5.95. The molecule has 1 atom stereocenters. The van der Waals surface area contributed by atoms with Crippen molar-refractivity contribution in [3.8, 4) is 16.9 Å². The minimum Gasteiger partial charge on any atom is -0.497 e. The number of ether oxygens (including phenoxy) is 1. The Hall–Kier alpha value is -3.28. The Balaban J connectivity index is 1.59. The van der Waals surface area contributed by atoms with Crippen LogP contribution in [-0.4, -0.2) is 46.0 Å². The van der Waals surface area contributed by atoms with Crippen molar-refractivity contribution < 1.29 is 9.53 Å². The molecule has 3 heterocycles. The predicted octanol–water partition coefficient (Wildman–Crippen LogP) is 4.49. The lowest BCUT2D eigenvalue weighted by Gasteiger charge is -2.33. The summed E-state index contributed by atoms with van der Waals surface area (Å²) in [5.41, 5.74) is 5.54. The molecule has 4 rings (SSSR count). The molecule has 6 nitrogen and oxygen atoms in total. The molecule has 0 bridgehead atoms. The van der Waals surface area contributed by atoms with Gasteiger partial charge in [-0.05, 0) is 69.0 Å². The molecular weight excluding hydrogens is 388 g/mol. The van der Waals surface area contributed by atoms with Crippen molar-refractivity contribution in [2.75, 3.05) is 20.2 Å². The molecule has 1 aliphatic rings. The lowest BCUT2D eigenvalue weighted by molar-refractivity contribution is 0.0704. The van der Waals surface area contributed by atoms with Crippen molar-refractivity contribution in [3.63, 3.8) is 0 Å². The molecule has 0 radical (unpaired) electrons. The molecule has 0 unspecified atom stereocenters. The summed E-state index contributed by atoms with van der Waals surface area (Å²) in [4.78, 5) is 28.5. The van der Waals surface area contributed by atoms with Crippen LogP contribution in [0.3, 0.4) is 0 Å². The van der Waals surface area contributed by atoms with Gasteiger partial charge in [-0.3, -0.25) is 9.78 Å². The summed E-state index contributed by atoms with van der Waals surface area (Å²) in [5, 5.41) is 0. The molecule has 0 aliphatic carbocycles. The lowest BCUT2D eigenvalue weighted by atomic mass is 9.91. The summed E-state index contributed by atoms with van der Waals surface area (Å²) in [5.74, 6) is 1.72. The van der Waals surface area contributed by atoms with Gasteiger partial charge in [-0.25, -0.2) is 9.97 Å². The van der Waals surface area contributed by atoms with Gasteiger partial charge in [0, 0.05) is 36.6 Å². The fourth-order valence-electron chi connectivity index (χ4n) is 4.24. The van der Waals surface area contributed by atoms with Gasteiger partial charge in [0.2, 0.25) is 0 Å². The summed E-state index contributed by atoms with van der Waals surface area (Å²) in [6.07, 6.45) is 3.61. The fraction of sp³-hybridized carbons (Fsp3) is 0.360. The third-order valence-electron chi connectivity index (χ3n) is 5.83. The standard InChI is InChI=1S/C25H28N4O2/c1-16-11-21(19-7-5-9-22(12-19)31-4)13-24(27-16)20-8-6-10-29(15-20)25(30)23-14-26-18(3)28-17(23)2/h5,7,9,11-14,20H,6,8,10,15H2,1-4H3/t20-/m0/s1. The molecule has 2 aromatic heterocycles. The molecule has 0 saturated carbocycles. The highest BCUT2D eigenvalue weighted by Gasteiger charge is 2.28. The van der Waals surface area contributed by atoms with Gasteiger partial charge in [0.05, 0.1) is 18.4 Å². The number of benzene rings is 1. The van der Waals surface area contributed by atoms with E-state index >= 15 is 0 Å². The summed E-state index contributed by atoms with van der Waals surface area (Å²) in [6.45, 7) is 7.12. The zero-order valence-electron chi connectivity index (χ0n) is 18.6. The topological polar surface area (TPSA) is 68.2 Å². The van der Waals surface area contributed by atoms with Crippen LogP contribution >= 0.6 is 0 Å². The average molecular weight is 417 g/mol. The van der Waals surface area contributed by atoms with Crippen LogP contribution in [0.15, 0.2) is 42.6 Å². The number of likely N-dealkylation sites (tertiary alicyclic amines) is 1. The highest BCUT2D eigenvalue weighted by atomic mass is 16.5. The number of pyridine rings is 1. The van der Waals surface area contributed by atoms with Crippen molar-refractivity contribution >= 4 is 5.91 Å². The van der Waals surface area contributed by atoms with E-state index in [1.54, 1.807) is 13.3 Å². The summed E-state index contributed by atoms with van der Waals surface area (Å²) >= 11 is 0. The van der Waals surface area contributed by atoms with E-state index in [-0.39, 0.29) is 11.8 Å². The zero-order valence-corrected chi connectivity index (χ0v) is 18.6. The van der Waals surface area contributed by atoms with E-state index < -0.39 is 0 Å². The molecule has 0 spiro atoms. The van der Waals surface area contributed by atoms with Gasteiger partial charge < -0.3 is 9.64 Å². The molecule has 6 heteroatoms. The first kappa shape index (κ1) is 21.0. The van der Waals surface area contributed by atoms with Gasteiger partial charge in [-0.1, -0.05) is 12.1 Å². The molecule has 160 valence electrons. The average Bonchev–Trinajstić information content (AvgIpc) is 2.78. The Morgan fingerprint density at radius 3 is 2.71 bits per heavy atom. The van der Waals surface area contributed by atoms with Crippen molar-refractivity contribution in [3.05, 3.63) is 71.1 Å². The maximum absolute atomic E-state index is 13.1. The van der Waals surface area contributed by atoms with Crippen LogP contribution in [0.2, 0.25) is 0 Å². The van der Waals surface area contributed by atoms with Gasteiger partial charge >= 0.3 is 0 Å². The van der Waals surface area contributed by atoms with Crippen LogP contribution in [0.5, 0.6) is 5.75 Å². The van der Waals surface area contributed by atoms with E-state index in [4.69, 9.17) is 9.72 Å². The smallest absolute Gasteiger partial charge is 0.257 e. The minimum atomic E-state index is 0.00266. The number of rotatable bonds is 4. The molecule has 1 saturated heterocycles. The summed E-state index contributed by atoms with van der Waals surface area (Å²) in [6, 6.07) is 12.3. The molecular formula is C25H28N4O2. The van der Waals surface area contributed by atoms with Crippen LogP contribution in [0, 0.1) is 20.8 Å². The van der Waals surface area contributed by atoms with Crippen LogP contribution < -0.4 is 4.74 Å². The van der Waals surface area contributed by atoms with Crippen molar-refractivity contribution in [1.29, 1.82) is 0 Å². The Labute approximate surface area is 183 Å². The number of carbonyl (C=O) groups excluding carboxylic acids is 1. The molecule has 3 aromatic rings. The number of hydrogen-bond acceptors (Lipinski definition) is 5. The number of nitrogens with zero attached hydrogens (tertiary/aromatic N) is 4. The van der Waals surface area contributed by atoms with Crippen LogP contribution in [-0.2, 0) is 0 Å². The number of methoxy groups -OCH3 is 1. The second-order valence-corrected chi connectivity index (χ2v) is 8.16. The third-order valence-corrected chi connectivity index (χ3v) is 5.83. The van der Waals surface area contributed by atoms with Gasteiger partial charge in [-0.2, -0.15) is 0 Å². The number of carbonyl (C=O) groups is 1. The number of aromatic nitrogens is 3. The zero-order chi connectivity index (χ0) is 22.0. The molecule has 0 N–H and O–H groups in total. The minimum absolute atomic E-state index is 0.00266. The van der Waals surface area contributed by atoms with E-state index in [1.807, 2.05) is 43.9 Å². The first-order valence-electron chi connectivity index (χ1n) is 10.7. The maximum Gasteiger partial charge on any atom is 0.257 e. The third kappa shape index (κ3) is 4.58. The van der Waals surface area contributed by atoms with Gasteiger partial charge in [0.1, 0.15) is 11.6 Å². The number of aryl methyl sites for hydroxylation is 3. The van der Waals surface area contributed by atoms with E-state index in [2.05, 4.69) is 28.2 Å². The number of piperidine rings is 1. The van der Waals surface area contributed by atoms with Crippen molar-refractivity contribution in [2.24, 2.45) is 0 Å². The lowest BCUT2D eigenvalue weighted by Crippen LogP contribution is -2.39. The summed E-state index contributed by atoms with van der Waals surface area (Å²) in [7, 11) is 1.68. The first-order valence-corrected chi connectivity index (χ1v) is 10.7. The van der Waals surface area contributed by atoms with E-state index in [9.17, 15) is 4.79 Å². The maximum atomic E-state index is 13.1. The SMILES string of the molecule is COc1cccc(-c2cc(C)nc([C@H]3CCCN(C(=O)c4cnc(C)nc4C)C3)c2)c1. The Morgan fingerprint density at radius 2 is 1.94 bits per heavy atom. The number of amides is 1. The second kappa shape index (κ2) is 8.84.